The van der Waals surface area contributed by atoms with Crippen LogP contribution in [0.4, 0.5) is 5.69 Å². The van der Waals surface area contributed by atoms with Gasteiger partial charge < -0.3 is 15.1 Å². The van der Waals surface area contributed by atoms with E-state index in [1.807, 2.05) is 24.3 Å². The SMILES string of the molecule is CC(=O)N1CCN(C(=O)c2cccc(C(=O)Nc3ccccc3C(C)C)n2)CC1. The number of amides is 3. The first kappa shape index (κ1) is 20.5. The van der Waals surface area contributed by atoms with Gasteiger partial charge in [0, 0.05) is 38.8 Å². The molecule has 3 amide bonds. The summed E-state index contributed by atoms with van der Waals surface area (Å²) in [6.07, 6.45) is 0. The Balaban J connectivity index is 1.72. The molecule has 1 aliphatic rings. The fourth-order valence-corrected chi connectivity index (χ4v) is 3.37. The molecular weight excluding hydrogens is 368 g/mol. The van der Waals surface area contributed by atoms with Crippen molar-refractivity contribution in [2.75, 3.05) is 31.5 Å². The van der Waals surface area contributed by atoms with Gasteiger partial charge in [-0.1, -0.05) is 38.1 Å². The molecule has 0 aliphatic carbocycles. The Bertz CT molecular complexity index is 918. The Morgan fingerprint density at radius 1 is 0.897 bits per heavy atom. The second-order valence-corrected chi connectivity index (χ2v) is 7.40. The van der Waals surface area contributed by atoms with Crippen LogP contribution in [0, 0.1) is 0 Å². The number of benzene rings is 1. The van der Waals surface area contributed by atoms with Crippen molar-refractivity contribution in [3.05, 3.63) is 59.4 Å². The average molecular weight is 394 g/mol. The van der Waals surface area contributed by atoms with Gasteiger partial charge in [0.05, 0.1) is 0 Å². The summed E-state index contributed by atoms with van der Waals surface area (Å²) in [6.45, 7) is 7.58. The lowest BCUT2D eigenvalue weighted by Crippen LogP contribution is -2.50. The number of nitrogens with zero attached hydrogens (tertiary/aromatic N) is 3. The highest BCUT2D eigenvalue weighted by atomic mass is 16.2. The van der Waals surface area contributed by atoms with Crippen LogP contribution in [0.25, 0.3) is 0 Å². The molecule has 1 aliphatic heterocycles. The topological polar surface area (TPSA) is 82.6 Å². The van der Waals surface area contributed by atoms with Crippen molar-refractivity contribution in [2.24, 2.45) is 0 Å². The van der Waals surface area contributed by atoms with E-state index in [1.165, 1.54) is 6.92 Å². The van der Waals surface area contributed by atoms with Crippen LogP contribution >= 0.6 is 0 Å². The Morgan fingerprint density at radius 3 is 2.17 bits per heavy atom. The van der Waals surface area contributed by atoms with Gasteiger partial charge in [-0.05, 0) is 29.7 Å². The first-order valence-corrected chi connectivity index (χ1v) is 9.79. The summed E-state index contributed by atoms with van der Waals surface area (Å²) in [5.74, 6) is -0.309. The van der Waals surface area contributed by atoms with Gasteiger partial charge in [-0.2, -0.15) is 0 Å². The van der Waals surface area contributed by atoms with Gasteiger partial charge in [-0.3, -0.25) is 14.4 Å². The third-order valence-corrected chi connectivity index (χ3v) is 5.04. The number of aromatic nitrogens is 1. The Kier molecular flexibility index (Phi) is 6.26. The summed E-state index contributed by atoms with van der Waals surface area (Å²) < 4.78 is 0. The first-order chi connectivity index (χ1) is 13.9. The van der Waals surface area contributed by atoms with E-state index in [4.69, 9.17) is 0 Å². The van der Waals surface area contributed by atoms with Crippen LogP contribution < -0.4 is 5.32 Å². The molecule has 0 spiro atoms. The van der Waals surface area contributed by atoms with Crippen LogP contribution in [-0.4, -0.2) is 58.7 Å². The zero-order valence-electron chi connectivity index (χ0n) is 17.0. The number of carbonyl (C=O) groups excluding carboxylic acids is 3. The molecule has 0 atom stereocenters. The van der Waals surface area contributed by atoms with Crippen LogP contribution in [0.1, 0.15) is 53.2 Å². The number of hydrogen-bond acceptors (Lipinski definition) is 4. The number of pyridine rings is 1. The van der Waals surface area contributed by atoms with Gasteiger partial charge in [0.2, 0.25) is 5.91 Å². The van der Waals surface area contributed by atoms with Gasteiger partial charge >= 0.3 is 0 Å². The maximum absolute atomic E-state index is 12.8. The molecule has 1 aromatic carbocycles. The minimum Gasteiger partial charge on any atom is -0.339 e. The lowest BCUT2D eigenvalue weighted by molar-refractivity contribution is -0.130. The second kappa shape index (κ2) is 8.86. The van der Waals surface area contributed by atoms with E-state index in [-0.39, 0.29) is 35.0 Å². The lowest BCUT2D eigenvalue weighted by atomic mass is 10.0. The van der Waals surface area contributed by atoms with E-state index in [0.717, 1.165) is 11.3 Å². The molecule has 7 heteroatoms. The number of rotatable bonds is 4. The summed E-state index contributed by atoms with van der Waals surface area (Å²) in [7, 11) is 0. The van der Waals surface area contributed by atoms with Crippen molar-refractivity contribution in [1.29, 1.82) is 0 Å². The maximum atomic E-state index is 12.8. The molecule has 0 unspecified atom stereocenters. The fourth-order valence-electron chi connectivity index (χ4n) is 3.37. The molecule has 29 heavy (non-hydrogen) atoms. The predicted octanol–water partition coefficient (Wildman–Crippen LogP) is 2.76. The molecule has 2 heterocycles. The molecule has 1 N–H and O–H groups in total. The smallest absolute Gasteiger partial charge is 0.274 e. The van der Waals surface area contributed by atoms with Crippen molar-refractivity contribution in [3.8, 4) is 0 Å². The molecular formula is C22H26N4O3. The number of nitrogens with one attached hydrogen (secondary N) is 1. The fraction of sp³-hybridized carbons (Fsp3) is 0.364. The van der Waals surface area contributed by atoms with Gasteiger partial charge in [-0.25, -0.2) is 4.98 Å². The molecule has 3 rings (SSSR count). The maximum Gasteiger partial charge on any atom is 0.274 e. The zero-order valence-corrected chi connectivity index (χ0v) is 17.0. The summed E-state index contributed by atoms with van der Waals surface area (Å²) >= 11 is 0. The minimum atomic E-state index is -0.353. The van der Waals surface area contributed by atoms with Gasteiger partial charge in [-0.15, -0.1) is 0 Å². The van der Waals surface area contributed by atoms with Gasteiger partial charge in [0.15, 0.2) is 0 Å². The van der Waals surface area contributed by atoms with Crippen molar-refractivity contribution in [2.45, 2.75) is 26.7 Å². The molecule has 1 aromatic heterocycles. The molecule has 1 saturated heterocycles. The summed E-state index contributed by atoms with van der Waals surface area (Å²) in [4.78, 5) is 44.6. The number of para-hydroxylation sites is 1. The van der Waals surface area contributed by atoms with Gasteiger partial charge in [0.25, 0.3) is 11.8 Å². The van der Waals surface area contributed by atoms with Gasteiger partial charge in [0.1, 0.15) is 11.4 Å². The molecule has 0 radical (unpaired) electrons. The van der Waals surface area contributed by atoms with E-state index >= 15 is 0 Å². The third-order valence-electron chi connectivity index (χ3n) is 5.04. The quantitative estimate of drug-likeness (QED) is 0.864. The molecule has 0 bridgehead atoms. The monoisotopic (exact) mass is 394 g/mol. The highest BCUT2D eigenvalue weighted by Crippen LogP contribution is 2.24. The number of carbonyl (C=O) groups is 3. The van der Waals surface area contributed by atoms with E-state index < -0.39 is 0 Å². The second-order valence-electron chi connectivity index (χ2n) is 7.40. The Morgan fingerprint density at radius 2 is 1.52 bits per heavy atom. The van der Waals surface area contributed by atoms with E-state index in [2.05, 4.69) is 24.1 Å². The minimum absolute atomic E-state index is 0.00979. The Labute approximate surface area is 170 Å². The van der Waals surface area contributed by atoms with Crippen molar-refractivity contribution >= 4 is 23.4 Å². The standard InChI is InChI=1S/C22H26N4O3/c1-15(2)17-7-4-5-8-18(17)24-21(28)19-9-6-10-20(23-19)22(29)26-13-11-25(12-14-26)16(3)27/h4-10,15H,11-14H2,1-3H3,(H,24,28). The van der Waals surface area contributed by atoms with Crippen LogP contribution in [0.3, 0.4) is 0 Å². The van der Waals surface area contributed by atoms with Crippen LogP contribution in [-0.2, 0) is 4.79 Å². The zero-order chi connectivity index (χ0) is 21.0. The summed E-state index contributed by atoms with van der Waals surface area (Å²) in [5.41, 5.74) is 2.20. The van der Waals surface area contributed by atoms with Crippen molar-refractivity contribution in [1.82, 2.24) is 14.8 Å². The number of hydrogen-bond donors (Lipinski definition) is 1. The van der Waals surface area contributed by atoms with E-state index in [9.17, 15) is 14.4 Å². The molecule has 1 fully saturated rings. The number of anilines is 1. The lowest BCUT2D eigenvalue weighted by Gasteiger charge is -2.34. The largest absolute Gasteiger partial charge is 0.339 e. The number of piperazine rings is 1. The molecule has 152 valence electrons. The predicted molar refractivity (Wildman–Crippen MR) is 111 cm³/mol. The summed E-state index contributed by atoms with van der Waals surface area (Å²) in [6, 6.07) is 12.5. The van der Waals surface area contributed by atoms with Crippen LogP contribution in [0.15, 0.2) is 42.5 Å². The highest BCUT2D eigenvalue weighted by molar-refractivity contribution is 6.04. The molecule has 0 saturated carbocycles. The van der Waals surface area contributed by atoms with E-state index in [1.54, 1.807) is 28.0 Å². The normalized spacial score (nSPS) is 14.1. The first-order valence-electron chi connectivity index (χ1n) is 9.79. The van der Waals surface area contributed by atoms with Crippen molar-refractivity contribution in [3.63, 3.8) is 0 Å². The summed E-state index contributed by atoms with van der Waals surface area (Å²) in [5, 5.41) is 2.90. The van der Waals surface area contributed by atoms with Crippen molar-refractivity contribution < 1.29 is 14.4 Å². The third kappa shape index (κ3) is 4.80. The van der Waals surface area contributed by atoms with Crippen LogP contribution in [0.5, 0.6) is 0 Å². The average Bonchev–Trinajstić information content (AvgIpc) is 2.73. The molecule has 2 aromatic rings. The Hall–Kier alpha value is -3.22. The highest BCUT2D eigenvalue weighted by Gasteiger charge is 2.24. The molecule has 7 nitrogen and oxygen atoms in total. The van der Waals surface area contributed by atoms with E-state index in [0.29, 0.717) is 26.2 Å². The van der Waals surface area contributed by atoms with Crippen LogP contribution in [0.2, 0.25) is 0 Å².